The van der Waals surface area contributed by atoms with Crippen LogP contribution in [0.4, 0.5) is 0 Å². The summed E-state index contributed by atoms with van der Waals surface area (Å²) in [7, 11) is 0. The van der Waals surface area contributed by atoms with Crippen molar-refractivity contribution in [2.45, 2.75) is 45.6 Å². The molecule has 0 fully saturated rings. The maximum atomic E-state index is 9.66. The quantitative estimate of drug-likeness (QED) is 0.758. The lowest BCUT2D eigenvalue weighted by atomic mass is 10.0. The van der Waals surface area contributed by atoms with Gasteiger partial charge in [-0.25, -0.2) is 0 Å². The molecular formula is C12H20O2. The molecule has 0 spiro atoms. The van der Waals surface area contributed by atoms with E-state index in [1.807, 2.05) is 12.1 Å². The van der Waals surface area contributed by atoms with Gasteiger partial charge in [0.25, 0.3) is 0 Å². The molecule has 14 heavy (non-hydrogen) atoms. The Morgan fingerprint density at radius 1 is 1.29 bits per heavy atom. The van der Waals surface area contributed by atoms with Crippen LogP contribution in [0.25, 0.3) is 0 Å². The number of aryl methyl sites for hydroxylation is 1. The lowest BCUT2D eigenvalue weighted by Crippen LogP contribution is -2.08. The Labute approximate surface area is 85.9 Å². The highest BCUT2D eigenvalue weighted by atomic mass is 16.3. The van der Waals surface area contributed by atoms with Crippen molar-refractivity contribution in [2.75, 3.05) is 0 Å². The molecule has 2 nitrogen and oxygen atoms in total. The van der Waals surface area contributed by atoms with Gasteiger partial charge in [-0.15, -0.1) is 0 Å². The van der Waals surface area contributed by atoms with Crippen molar-refractivity contribution in [1.82, 2.24) is 0 Å². The molecule has 1 rings (SSSR count). The molecule has 2 heteroatoms. The number of furan rings is 1. The second-order valence-corrected chi connectivity index (χ2v) is 4.24. The van der Waals surface area contributed by atoms with Crippen molar-refractivity contribution in [2.24, 2.45) is 5.92 Å². The van der Waals surface area contributed by atoms with E-state index in [1.54, 1.807) is 6.26 Å². The van der Waals surface area contributed by atoms with E-state index in [9.17, 15) is 5.11 Å². The Bertz CT molecular complexity index is 226. The lowest BCUT2D eigenvalue weighted by Gasteiger charge is -2.10. The van der Waals surface area contributed by atoms with Gasteiger partial charge < -0.3 is 9.52 Å². The van der Waals surface area contributed by atoms with Gasteiger partial charge in [-0.2, -0.15) is 0 Å². The zero-order valence-corrected chi connectivity index (χ0v) is 9.07. The van der Waals surface area contributed by atoms with Crippen LogP contribution in [0.1, 0.15) is 38.9 Å². The van der Waals surface area contributed by atoms with Crippen LogP contribution in [0, 0.1) is 5.92 Å². The van der Waals surface area contributed by atoms with E-state index in [0.717, 1.165) is 31.4 Å². The lowest BCUT2D eigenvalue weighted by molar-refractivity contribution is 0.145. The molecule has 0 radical (unpaired) electrons. The smallest absolute Gasteiger partial charge is 0.103 e. The van der Waals surface area contributed by atoms with E-state index in [2.05, 4.69) is 13.8 Å². The summed E-state index contributed by atoms with van der Waals surface area (Å²) in [4.78, 5) is 0. The maximum Gasteiger partial charge on any atom is 0.103 e. The second kappa shape index (κ2) is 5.86. The summed E-state index contributed by atoms with van der Waals surface area (Å²) in [5.74, 6) is 1.64. The van der Waals surface area contributed by atoms with Crippen LogP contribution in [0.3, 0.4) is 0 Å². The Kier molecular flexibility index (Phi) is 4.74. The minimum atomic E-state index is -0.178. The highest BCUT2D eigenvalue weighted by Crippen LogP contribution is 2.12. The summed E-state index contributed by atoms with van der Waals surface area (Å²) in [6.45, 7) is 4.36. The van der Waals surface area contributed by atoms with Crippen molar-refractivity contribution in [3.05, 3.63) is 24.2 Å². The third kappa shape index (κ3) is 4.47. The van der Waals surface area contributed by atoms with Gasteiger partial charge in [-0.1, -0.05) is 13.8 Å². The van der Waals surface area contributed by atoms with Gasteiger partial charge in [0.2, 0.25) is 0 Å². The fourth-order valence-electron chi connectivity index (χ4n) is 1.43. The largest absolute Gasteiger partial charge is 0.469 e. The number of hydrogen-bond acceptors (Lipinski definition) is 2. The number of hydrogen-bond donors (Lipinski definition) is 1. The fraction of sp³-hybridized carbons (Fsp3) is 0.667. The Morgan fingerprint density at radius 2 is 2.07 bits per heavy atom. The standard InChI is InChI=1S/C12H20O2/c1-10(2)5-6-11(13)7-8-12-4-3-9-14-12/h3-4,9-11,13H,5-8H2,1-2H3. The molecule has 1 unspecified atom stereocenters. The number of aliphatic hydroxyl groups is 1. The summed E-state index contributed by atoms with van der Waals surface area (Å²) in [6, 6.07) is 3.84. The Hall–Kier alpha value is -0.760. The molecule has 1 aromatic heterocycles. The molecule has 0 bridgehead atoms. The first kappa shape index (κ1) is 11.3. The minimum absolute atomic E-state index is 0.178. The summed E-state index contributed by atoms with van der Waals surface area (Å²) >= 11 is 0. The van der Waals surface area contributed by atoms with Crippen LogP contribution in [0.15, 0.2) is 22.8 Å². The summed E-state index contributed by atoms with van der Waals surface area (Å²) < 4.78 is 5.20. The molecular weight excluding hydrogens is 176 g/mol. The summed E-state index contributed by atoms with van der Waals surface area (Å²) in [6.07, 6.45) is 5.14. The first-order valence-corrected chi connectivity index (χ1v) is 5.39. The molecule has 0 aromatic carbocycles. The van der Waals surface area contributed by atoms with E-state index < -0.39 is 0 Å². The van der Waals surface area contributed by atoms with Crippen molar-refractivity contribution >= 4 is 0 Å². The highest BCUT2D eigenvalue weighted by Gasteiger charge is 2.06. The van der Waals surface area contributed by atoms with Crippen molar-refractivity contribution in [3.8, 4) is 0 Å². The zero-order chi connectivity index (χ0) is 10.4. The molecule has 0 saturated carbocycles. The van der Waals surface area contributed by atoms with Crippen LogP contribution in [-0.2, 0) is 6.42 Å². The van der Waals surface area contributed by atoms with Crippen LogP contribution in [0.2, 0.25) is 0 Å². The van der Waals surface area contributed by atoms with Gasteiger partial charge in [0.15, 0.2) is 0 Å². The average Bonchev–Trinajstić information content (AvgIpc) is 2.63. The number of aliphatic hydroxyl groups excluding tert-OH is 1. The van der Waals surface area contributed by atoms with Crippen molar-refractivity contribution < 1.29 is 9.52 Å². The minimum Gasteiger partial charge on any atom is -0.469 e. The van der Waals surface area contributed by atoms with Crippen molar-refractivity contribution in [3.63, 3.8) is 0 Å². The highest BCUT2D eigenvalue weighted by molar-refractivity contribution is 4.98. The van der Waals surface area contributed by atoms with Gasteiger partial charge in [0, 0.05) is 6.42 Å². The maximum absolute atomic E-state index is 9.66. The monoisotopic (exact) mass is 196 g/mol. The molecule has 0 aliphatic rings. The van der Waals surface area contributed by atoms with E-state index in [4.69, 9.17) is 4.42 Å². The Morgan fingerprint density at radius 3 is 2.64 bits per heavy atom. The van der Waals surface area contributed by atoms with Gasteiger partial charge >= 0.3 is 0 Å². The molecule has 1 atom stereocenters. The third-order valence-corrected chi connectivity index (χ3v) is 2.38. The molecule has 0 aliphatic carbocycles. The van der Waals surface area contributed by atoms with Gasteiger partial charge in [-0.05, 0) is 37.3 Å². The SMILES string of the molecule is CC(C)CCC(O)CCc1ccco1. The number of rotatable bonds is 6. The normalized spacial score (nSPS) is 13.4. The molecule has 0 aliphatic heterocycles. The van der Waals surface area contributed by atoms with Gasteiger partial charge in [0.1, 0.15) is 5.76 Å². The van der Waals surface area contributed by atoms with Crippen LogP contribution in [0.5, 0.6) is 0 Å². The topological polar surface area (TPSA) is 33.4 Å². The molecule has 1 N–H and O–H groups in total. The molecule has 1 heterocycles. The fourth-order valence-corrected chi connectivity index (χ4v) is 1.43. The Balaban J connectivity index is 2.12. The summed E-state index contributed by atoms with van der Waals surface area (Å²) in [5, 5.41) is 9.66. The van der Waals surface area contributed by atoms with Crippen LogP contribution in [-0.4, -0.2) is 11.2 Å². The van der Waals surface area contributed by atoms with Crippen LogP contribution < -0.4 is 0 Å². The molecule has 1 aromatic rings. The zero-order valence-electron chi connectivity index (χ0n) is 9.07. The first-order valence-electron chi connectivity index (χ1n) is 5.39. The van der Waals surface area contributed by atoms with Gasteiger partial charge in [-0.3, -0.25) is 0 Å². The second-order valence-electron chi connectivity index (χ2n) is 4.24. The first-order chi connectivity index (χ1) is 6.68. The predicted molar refractivity (Wildman–Crippen MR) is 57.1 cm³/mol. The van der Waals surface area contributed by atoms with Gasteiger partial charge in [0.05, 0.1) is 12.4 Å². The summed E-state index contributed by atoms with van der Waals surface area (Å²) in [5.41, 5.74) is 0. The van der Waals surface area contributed by atoms with E-state index in [0.29, 0.717) is 5.92 Å². The predicted octanol–water partition coefficient (Wildman–Crippen LogP) is 3.01. The average molecular weight is 196 g/mol. The van der Waals surface area contributed by atoms with Crippen molar-refractivity contribution in [1.29, 1.82) is 0 Å². The van der Waals surface area contributed by atoms with E-state index in [1.165, 1.54) is 0 Å². The molecule has 0 saturated heterocycles. The molecule has 0 amide bonds. The van der Waals surface area contributed by atoms with E-state index >= 15 is 0 Å². The third-order valence-electron chi connectivity index (χ3n) is 2.38. The van der Waals surface area contributed by atoms with Crippen LogP contribution >= 0.6 is 0 Å². The molecule has 80 valence electrons. The van der Waals surface area contributed by atoms with E-state index in [-0.39, 0.29) is 6.10 Å².